The third-order valence-corrected chi connectivity index (χ3v) is 4.30. The van der Waals surface area contributed by atoms with Crippen LogP contribution in [0.5, 0.6) is 11.5 Å². The SMILES string of the molecule is CCCCc1ccc(CC(=O)NCC2COc3ccccc3O2)cc1. The lowest BCUT2D eigenvalue weighted by Gasteiger charge is -2.26. The van der Waals surface area contributed by atoms with Crippen molar-refractivity contribution in [3.63, 3.8) is 0 Å². The van der Waals surface area contributed by atoms with Crippen LogP contribution in [0.2, 0.25) is 0 Å². The van der Waals surface area contributed by atoms with Crippen molar-refractivity contribution in [2.45, 2.75) is 38.7 Å². The highest BCUT2D eigenvalue weighted by Gasteiger charge is 2.20. The molecule has 132 valence electrons. The minimum atomic E-state index is -0.157. The third-order valence-electron chi connectivity index (χ3n) is 4.30. The second-order valence-electron chi connectivity index (χ2n) is 6.40. The molecule has 2 aromatic carbocycles. The van der Waals surface area contributed by atoms with E-state index < -0.39 is 0 Å². The van der Waals surface area contributed by atoms with Crippen molar-refractivity contribution < 1.29 is 14.3 Å². The van der Waals surface area contributed by atoms with Crippen LogP contribution in [0.1, 0.15) is 30.9 Å². The lowest BCUT2D eigenvalue weighted by molar-refractivity contribution is -0.120. The molecule has 1 amide bonds. The van der Waals surface area contributed by atoms with Gasteiger partial charge >= 0.3 is 0 Å². The molecule has 0 aromatic heterocycles. The molecule has 2 aromatic rings. The standard InChI is InChI=1S/C21H25NO3/c1-2-3-6-16-9-11-17(12-10-16)13-21(23)22-14-18-15-24-19-7-4-5-8-20(19)25-18/h4-5,7-12,18H,2-3,6,13-15H2,1H3,(H,22,23). The number of unbranched alkanes of at least 4 members (excludes halogenated alkanes) is 1. The van der Waals surface area contributed by atoms with E-state index in [1.54, 1.807) is 0 Å². The monoisotopic (exact) mass is 339 g/mol. The second kappa shape index (κ2) is 8.56. The van der Waals surface area contributed by atoms with E-state index in [1.807, 2.05) is 36.4 Å². The Bertz CT molecular complexity index is 697. The van der Waals surface area contributed by atoms with Crippen molar-refractivity contribution in [1.29, 1.82) is 0 Å². The number of hydrogen-bond acceptors (Lipinski definition) is 3. The van der Waals surface area contributed by atoms with Gasteiger partial charge in [-0.1, -0.05) is 49.7 Å². The predicted molar refractivity (Wildman–Crippen MR) is 98.1 cm³/mol. The van der Waals surface area contributed by atoms with Gasteiger partial charge in [-0.05, 0) is 36.1 Å². The summed E-state index contributed by atoms with van der Waals surface area (Å²) in [6, 6.07) is 15.9. The van der Waals surface area contributed by atoms with Crippen molar-refractivity contribution in [1.82, 2.24) is 5.32 Å². The summed E-state index contributed by atoms with van der Waals surface area (Å²) in [4.78, 5) is 12.2. The highest BCUT2D eigenvalue weighted by Crippen LogP contribution is 2.30. The van der Waals surface area contributed by atoms with E-state index in [2.05, 4.69) is 24.4 Å². The van der Waals surface area contributed by atoms with Crippen LogP contribution in [0.25, 0.3) is 0 Å². The summed E-state index contributed by atoms with van der Waals surface area (Å²) in [5, 5.41) is 2.94. The van der Waals surface area contributed by atoms with Gasteiger partial charge in [0.05, 0.1) is 13.0 Å². The number of ether oxygens (including phenoxy) is 2. The van der Waals surface area contributed by atoms with Gasteiger partial charge in [0.15, 0.2) is 11.5 Å². The Morgan fingerprint density at radius 3 is 2.56 bits per heavy atom. The molecule has 4 nitrogen and oxygen atoms in total. The van der Waals surface area contributed by atoms with Crippen molar-refractivity contribution in [2.75, 3.05) is 13.2 Å². The highest BCUT2D eigenvalue weighted by atomic mass is 16.6. The fourth-order valence-electron chi connectivity index (χ4n) is 2.84. The fraction of sp³-hybridized carbons (Fsp3) is 0.381. The third kappa shape index (κ3) is 4.99. The number of para-hydroxylation sites is 2. The largest absolute Gasteiger partial charge is 0.486 e. The predicted octanol–water partition coefficient (Wildman–Crippen LogP) is 3.53. The number of carbonyl (C=O) groups is 1. The summed E-state index contributed by atoms with van der Waals surface area (Å²) in [6.07, 6.45) is 3.73. The first-order valence-electron chi connectivity index (χ1n) is 8.97. The van der Waals surface area contributed by atoms with E-state index >= 15 is 0 Å². The maximum atomic E-state index is 12.2. The first-order chi connectivity index (χ1) is 12.2. The molecule has 0 spiro atoms. The van der Waals surface area contributed by atoms with Crippen molar-refractivity contribution >= 4 is 5.91 Å². The molecule has 0 radical (unpaired) electrons. The fourth-order valence-corrected chi connectivity index (χ4v) is 2.84. The number of hydrogen-bond donors (Lipinski definition) is 1. The number of rotatable bonds is 7. The Kier molecular flexibility index (Phi) is 5.94. The summed E-state index contributed by atoms with van der Waals surface area (Å²) >= 11 is 0. The zero-order valence-electron chi connectivity index (χ0n) is 14.7. The molecule has 25 heavy (non-hydrogen) atoms. The van der Waals surface area contributed by atoms with Gasteiger partial charge in [-0.25, -0.2) is 0 Å². The lowest BCUT2D eigenvalue weighted by Crippen LogP contribution is -2.41. The Balaban J connectivity index is 1.44. The molecular formula is C21H25NO3. The van der Waals surface area contributed by atoms with Gasteiger partial charge in [0.2, 0.25) is 5.91 Å². The van der Waals surface area contributed by atoms with Gasteiger partial charge in [0, 0.05) is 0 Å². The highest BCUT2D eigenvalue weighted by molar-refractivity contribution is 5.78. The molecule has 1 atom stereocenters. The smallest absolute Gasteiger partial charge is 0.224 e. The zero-order valence-corrected chi connectivity index (χ0v) is 14.7. The van der Waals surface area contributed by atoms with Gasteiger partial charge in [-0.3, -0.25) is 4.79 Å². The van der Waals surface area contributed by atoms with Gasteiger partial charge in [-0.15, -0.1) is 0 Å². The summed E-state index contributed by atoms with van der Waals surface area (Å²) in [7, 11) is 0. The Morgan fingerprint density at radius 2 is 1.80 bits per heavy atom. The van der Waals surface area contributed by atoms with Crippen LogP contribution >= 0.6 is 0 Å². The molecule has 3 rings (SSSR count). The van der Waals surface area contributed by atoms with Crippen LogP contribution < -0.4 is 14.8 Å². The van der Waals surface area contributed by atoms with Crippen LogP contribution in [0.15, 0.2) is 48.5 Å². The number of aryl methyl sites for hydroxylation is 1. The summed E-state index contributed by atoms with van der Waals surface area (Å²) < 4.78 is 11.5. The number of benzene rings is 2. The van der Waals surface area contributed by atoms with E-state index in [1.165, 1.54) is 18.4 Å². The molecule has 1 heterocycles. The first kappa shape index (κ1) is 17.3. The number of nitrogens with one attached hydrogen (secondary N) is 1. The van der Waals surface area contributed by atoms with Gasteiger partial charge < -0.3 is 14.8 Å². The summed E-state index contributed by atoms with van der Waals surface area (Å²) in [5.41, 5.74) is 2.36. The maximum Gasteiger partial charge on any atom is 0.224 e. The van der Waals surface area contributed by atoms with Crippen LogP contribution in [0.3, 0.4) is 0 Å². The minimum Gasteiger partial charge on any atom is -0.486 e. The van der Waals surface area contributed by atoms with Crippen molar-refractivity contribution in [3.8, 4) is 11.5 Å². The quantitative estimate of drug-likeness (QED) is 0.839. The van der Waals surface area contributed by atoms with Crippen LogP contribution in [-0.2, 0) is 17.6 Å². The molecule has 1 aliphatic rings. The molecule has 0 bridgehead atoms. The molecule has 0 aliphatic carbocycles. The molecule has 0 saturated heterocycles. The van der Waals surface area contributed by atoms with E-state index in [9.17, 15) is 4.79 Å². The summed E-state index contributed by atoms with van der Waals surface area (Å²) in [6.45, 7) is 3.09. The van der Waals surface area contributed by atoms with Crippen LogP contribution in [0.4, 0.5) is 0 Å². The minimum absolute atomic E-state index is 0.00349. The molecule has 0 fully saturated rings. The average molecular weight is 339 g/mol. The molecule has 1 aliphatic heterocycles. The number of carbonyl (C=O) groups excluding carboxylic acids is 1. The van der Waals surface area contributed by atoms with Gasteiger partial charge in [0.1, 0.15) is 12.7 Å². The molecule has 4 heteroatoms. The van der Waals surface area contributed by atoms with Crippen LogP contribution in [-0.4, -0.2) is 25.2 Å². The molecule has 1 N–H and O–H groups in total. The lowest BCUT2D eigenvalue weighted by atomic mass is 10.0. The van der Waals surface area contributed by atoms with E-state index in [0.29, 0.717) is 19.6 Å². The van der Waals surface area contributed by atoms with Crippen molar-refractivity contribution in [2.24, 2.45) is 0 Å². The van der Waals surface area contributed by atoms with E-state index in [0.717, 1.165) is 23.5 Å². The number of amides is 1. The Labute approximate surface area is 149 Å². The van der Waals surface area contributed by atoms with E-state index in [-0.39, 0.29) is 12.0 Å². The second-order valence-corrected chi connectivity index (χ2v) is 6.40. The topological polar surface area (TPSA) is 47.6 Å². The molecule has 0 saturated carbocycles. The zero-order chi connectivity index (χ0) is 17.5. The maximum absolute atomic E-state index is 12.2. The number of fused-ring (bicyclic) bond motifs is 1. The van der Waals surface area contributed by atoms with Gasteiger partial charge in [0.25, 0.3) is 0 Å². The Morgan fingerprint density at radius 1 is 1.08 bits per heavy atom. The van der Waals surface area contributed by atoms with E-state index in [4.69, 9.17) is 9.47 Å². The normalized spacial score (nSPS) is 15.6. The van der Waals surface area contributed by atoms with Crippen molar-refractivity contribution in [3.05, 3.63) is 59.7 Å². The van der Waals surface area contributed by atoms with Crippen LogP contribution in [0, 0.1) is 0 Å². The van der Waals surface area contributed by atoms with Gasteiger partial charge in [-0.2, -0.15) is 0 Å². The summed E-state index contributed by atoms with van der Waals surface area (Å²) in [5.74, 6) is 1.49. The average Bonchev–Trinajstić information content (AvgIpc) is 2.65. The molecule has 1 unspecified atom stereocenters. The molecular weight excluding hydrogens is 314 g/mol. The Hall–Kier alpha value is -2.49. The first-order valence-corrected chi connectivity index (χ1v) is 8.97.